The van der Waals surface area contributed by atoms with Crippen molar-refractivity contribution >= 4 is 17.8 Å². The lowest BCUT2D eigenvalue weighted by Crippen LogP contribution is -1.93. The van der Waals surface area contributed by atoms with Gasteiger partial charge in [0.05, 0.1) is 11.9 Å². The summed E-state index contributed by atoms with van der Waals surface area (Å²) in [6, 6.07) is 25.8. The molecule has 0 radical (unpaired) electrons. The first-order valence-corrected chi connectivity index (χ1v) is 9.69. The van der Waals surface area contributed by atoms with Crippen molar-refractivity contribution in [2.75, 3.05) is 0 Å². The molecule has 0 fully saturated rings. The summed E-state index contributed by atoms with van der Waals surface area (Å²) in [5, 5.41) is 9.60. The van der Waals surface area contributed by atoms with E-state index in [1.165, 1.54) is 5.56 Å². The summed E-state index contributed by atoms with van der Waals surface area (Å²) in [6.45, 7) is 2.38. The van der Waals surface area contributed by atoms with Crippen LogP contribution in [0.3, 0.4) is 0 Å². The first kappa shape index (κ1) is 19.0. The molecule has 29 heavy (non-hydrogen) atoms. The largest absolute Gasteiger partial charge is 0.391 e. The number of hydrogen-bond donors (Lipinski definition) is 0. The zero-order chi connectivity index (χ0) is 20.1. The van der Waals surface area contributed by atoms with Gasteiger partial charge in [0.25, 0.3) is 0 Å². The number of oxime groups is 1. The van der Waals surface area contributed by atoms with E-state index in [1.807, 2.05) is 65.5 Å². The SMILES string of the molecule is Cc1ccc(-c2nn(-c3ccccc3)cc2/C=N/OCc2ccccc2Cl)cc1. The molecule has 1 heterocycles. The van der Waals surface area contributed by atoms with Crippen LogP contribution in [0.25, 0.3) is 16.9 Å². The van der Waals surface area contributed by atoms with Crippen LogP contribution in [0, 0.1) is 6.92 Å². The molecule has 0 saturated carbocycles. The maximum Gasteiger partial charge on any atom is 0.143 e. The van der Waals surface area contributed by atoms with Crippen LogP contribution in [-0.2, 0) is 11.4 Å². The molecule has 144 valence electrons. The second-order valence-electron chi connectivity index (χ2n) is 6.68. The monoisotopic (exact) mass is 401 g/mol. The molecule has 4 nitrogen and oxygen atoms in total. The van der Waals surface area contributed by atoms with Gasteiger partial charge in [-0.1, -0.05) is 83.0 Å². The van der Waals surface area contributed by atoms with Crippen molar-refractivity contribution < 1.29 is 4.84 Å². The van der Waals surface area contributed by atoms with E-state index in [2.05, 4.69) is 36.3 Å². The standard InChI is InChI=1S/C24H20ClN3O/c1-18-11-13-19(14-12-18)24-21(16-28(27-24)22-8-3-2-4-9-22)15-26-29-17-20-7-5-6-10-23(20)25/h2-16H,17H2,1H3/b26-15+. The average molecular weight is 402 g/mol. The third-order valence-electron chi connectivity index (χ3n) is 4.53. The van der Waals surface area contributed by atoms with Crippen molar-refractivity contribution in [1.29, 1.82) is 0 Å². The van der Waals surface area contributed by atoms with Crippen molar-refractivity contribution in [3.8, 4) is 16.9 Å². The van der Waals surface area contributed by atoms with Crippen molar-refractivity contribution in [2.45, 2.75) is 13.5 Å². The van der Waals surface area contributed by atoms with Crippen LogP contribution in [0.1, 0.15) is 16.7 Å². The van der Waals surface area contributed by atoms with Gasteiger partial charge in [-0.3, -0.25) is 0 Å². The Morgan fingerprint density at radius 3 is 2.45 bits per heavy atom. The van der Waals surface area contributed by atoms with Gasteiger partial charge in [-0.25, -0.2) is 4.68 Å². The van der Waals surface area contributed by atoms with Gasteiger partial charge in [-0.05, 0) is 25.1 Å². The molecule has 0 amide bonds. The molecule has 0 aliphatic carbocycles. The van der Waals surface area contributed by atoms with E-state index >= 15 is 0 Å². The van der Waals surface area contributed by atoms with Crippen LogP contribution in [0.5, 0.6) is 0 Å². The fourth-order valence-electron chi connectivity index (χ4n) is 2.95. The minimum atomic E-state index is 0.308. The summed E-state index contributed by atoms with van der Waals surface area (Å²) in [6.07, 6.45) is 3.64. The van der Waals surface area contributed by atoms with E-state index in [0.717, 1.165) is 28.1 Å². The molecule has 0 bridgehead atoms. The van der Waals surface area contributed by atoms with E-state index in [9.17, 15) is 0 Å². The lowest BCUT2D eigenvalue weighted by atomic mass is 10.1. The molecule has 0 atom stereocenters. The van der Waals surface area contributed by atoms with Crippen LogP contribution < -0.4 is 0 Å². The fourth-order valence-corrected chi connectivity index (χ4v) is 3.14. The second-order valence-corrected chi connectivity index (χ2v) is 7.09. The van der Waals surface area contributed by atoms with Gasteiger partial charge in [-0.15, -0.1) is 0 Å². The number of aryl methyl sites for hydroxylation is 1. The predicted molar refractivity (Wildman–Crippen MR) is 118 cm³/mol. The maximum atomic E-state index is 6.16. The van der Waals surface area contributed by atoms with Crippen LogP contribution in [0.2, 0.25) is 5.02 Å². The van der Waals surface area contributed by atoms with Gasteiger partial charge < -0.3 is 4.84 Å². The molecule has 0 N–H and O–H groups in total. The molecular weight excluding hydrogens is 382 g/mol. The highest BCUT2D eigenvalue weighted by Gasteiger charge is 2.11. The Bertz CT molecular complexity index is 1120. The summed E-state index contributed by atoms with van der Waals surface area (Å²) >= 11 is 6.16. The lowest BCUT2D eigenvalue weighted by molar-refractivity contribution is 0.132. The zero-order valence-electron chi connectivity index (χ0n) is 16.0. The van der Waals surface area contributed by atoms with Gasteiger partial charge >= 0.3 is 0 Å². The van der Waals surface area contributed by atoms with Gasteiger partial charge in [-0.2, -0.15) is 5.10 Å². The zero-order valence-corrected chi connectivity index (χ0v) is 16.8. The third kappa shape index (κ3) is 4.55. The number of hydrogen-bond acceptors (Lipinski definition) is 3. The predicted octanol–water partition coefficient (Wildman–Crippen LogP) is 6.05. The highest BCUT2D eigenvalue weighted by molar-refractivity contribution is 6.31. The summed E-state index contributed by atoms with van der Waals surface area (Å²) in [5.74, 6) is 0. The normalized spacial score (nSPS) is 11.1. The van der Waals surface area contributed by atoms with E-state index in [1.54, 1.807) is 6.21 Å². The number of benzene rings is 3. The smallest absolute Gasteiger partial charge is 0.143 e. The van der Waals surface area contributed by atoms with E-state index in [0.29, 0.717) is 11.6 Å². The summed E-state index contributed by atoms with van der Waals surface area (Å²) < 4.78 is 1.85. The molecule has 0 saturated heterocycles. The minimum Gasteiger partial charge on any atom is -0.391 e. The Morgan fingerprint density at radius 2 is 1.69 bits per heavy atom. The lowest BCUT2D eigenvalue weighted by Gasteiger charge is -2.02. The molecule has 0 aliphatic heterocycles. The van der Waals surface area contributed by atoms with Gasteiger partial charge in [0.1, 0.15) is 12.3 Å². The average Bonchev–Trinajstić information content (AvgIpc) is 3.18. The van der Waals surface area contributed by atoms with Crippen molar-refractivity contribution in [2.24, 2.45) is 5.16 Å². The number of halogens is 1. The van der Waals surface area contributed by atoms with Crippen LogP contribution in [-0.4, -0.2) is 16.0 Å². The number of nitrogens with zero attached hydrogens (tertiary/aromatic N) is 3. The first-order valence-electron chi connectivity index (χ1n) is 9.31. The van der Waals surface area contributed by atoms with Crippen molar-refractivity contribution in [3.63, 3.8) is 0 Å². The van der Waals surface area contributed by atoms with Gasteiger partial charge in [0.2, 0.25) is 0 Å². The van der Waals surface area contributed by atoms with Crippen molar-refractivity contribution in [1.82, 2.24) is 9.78 Å². The van der Waals surface area contributed by atoms with Crippen LogP contribution >= 0.6 is 11.6 Å². The van der Waals surface area contributed by atoms with Crippen LogP contribution in [0.4, 0.5) is 0 Å². The Balaban J connectivity index is 1.61. The Hall–Kier alpha value is -3.37. The van der Waals surface area contributed by atoms with Crippen molar-refractivity contribution in [3.05, 3.63) is 107 Å². The van der Waals surface area contributed by atoms with Gasteiger partial charge in [0, 0.05) is 27.9 Å². The molecule has 0 spiro atoms. The Labute approximate surface area is 175 Å². The topological polar surface area (TPSA) is 39.4 Å². The third-order valence-corrected chi connectivity index (χ3v) is 4.90. The quantitative estimate of drug-likeness (QED) is 0.291. The fraction of sp³-hybridized carbons (Fsp3) is 0.0833. The molecule has 4 aromatic rings. The summed E-state index contributed by atoms with van der Waals surface area (Å²) in [4.78, 5) is 5.48. The molecule has 1 aromatic heterocycles. The molecular formula is C24H20ClN3O. The van der Waals surface area contributed by atoms with Gasteiger partial charge in [0.15, 0.2) is 0 Å². The maximum absolute atomic E-state index is 6.16. The molecule has 3 aromatic carbocycles. The summed E-state index contributed by atoms with van der Waals surface area (Å²) in [7, 11) is 0. The highest BCUT2D eigenvalue weighted by atomic mass is 35.5. The first-order chi connectivity index (χ1) is 14.2. The number of rotatable bonds is 6. The van der Waals surface area contributed by atoms with Crippen LogP contribution in [0.15, 0.2) is 90.2 Å². The molecule has 5 heteroatoms. The number of para-hydroxylation sites is 1. The van der Waals surface area contributed by atoms with E-state index in [-0.39, 0.29) is 0 Å². The van der Waals surface area contributed by atoms with E-state index in [4.69, 9.17) is 21.5 Å². The molecule has 0 aliphatic rings. The number of aromatic nitrogens is 2. The summed E-state index contributed by atoms with van der Waals surface area (Å²) in [5.41, 5.74) is 5.82. The highest BCUT2D eigenvalue weighted by Crippen LogP contribution is 2.23. The minimum absolute atomic E-state index is 0.308. The molecule has 0 unspecified atom stereocenters. The Kier molecular flexibility index (Phi) is 5.73. The Morgan fingerprint density at radius 1 is 0.966 bits per heavy atom. The van der Waals surface area contributed by atoms with E-state index < -0.39 is 0 Å². The molecule has 4 rings (SSSR count). The second kappa shape index (κ2) is 8.76.